The normalized spacial score (nSPS) is 18.9. The van der Waals surface area contributed by atoms with E-state index in [9.17, 15) is 4.39 Å². The summed E-state index contributed by atoms with van der Waals surface area (Å²) in [4.78, 5) is 0. The average molecular weight is 326 g/mol. The first kappa shape index (κ1) is 17.2. The third kappa shape index (κ3) is 2.78. The summed E-state index contributed by atoms with van der Waals surface area (Å²) in [6, 6.07) is 11.3. The van der Waals surface area contributed by atoms with Crippen LogP contribution < -0.4 is 5.46 Å². The van der Waals surface area contributed by atoms with Gasteiger partial charge in [0.05, 0.1) is 11.2 Å². The minimum Gasteiger partial charge on any atom is -0.399 e. The molecule has 4 heteroatoms. The maximum atomic E-state index is 14.5. The molecule has 0 radical (unpaired) electrons. The van der Waals surface area contributed by atoms with Gasteiger partial charge < -0.3 is 9.31 Å². The molecule has 0 aliphatic carbocycles. The summed E-state index contributed by atoms with van der Waals surface area (Å²) in [6.45, 7) is 12.1. The van der Waals surface area contributed by atoms with Crippen molar-refractivity contribution >= 4 is 12.6 Å². The molecule has 1 heterocycles. The van der Waals surface area contributed by atoms with Gasteiger partial charge in [-0.1, -0.05) is 30.3 Å². The van der Waals surface area contributed by atoms with Gasteiger partial charge in [-0.3, -0.25) is 0 Å². The zero-order valence-corrected chi connectivity index (χ0v) is 15.2. The van der Waals surface area contributed by atoms with E-state index in [1.807, 2.05) is 45.9 Å². The third-order valence-corrected chi connectivity index (χ3v) is 5.42. The number of hydrogen-bond acceptors (Lipinski definition) is 2. The Kier molecular flexibility index (Phi) is 4.09. The van der Waals surface area contributed by atoms with Gasteiger partial charge in [0.25, 0.3) is 0 Å². The lowest BCUT2D eigenvalue weighted by Crippen LogP contribution is -2.41. The SMILES string of the molecule is Cc1cccc(-c2ccc(F)c(B3OC(C)(C)C(C)(C)O3)c2)c1C. The summed E-state index contributed by atoms with van der Waals surface area (Å²) >= 11 is 0. The second kappa shape index (κ2) is 5.71. The number of benzene rings is 2. The summed E-state index contributed by atoms with van der Waals surface area (Å²) in [5, 5.41) is 0. The van der Waals surface area contributed by atoms with Crippen molar-refractivity contribution in [3.8, 4) is 11.1 Å². The van der Waals surface area contributed by atoms with Crippen molar-refractivity contribution in [3.05, 3.63) is 53.3 Å². The highest BCUT2D eigenvalue weighted by atomic mass is 19.1. The molecule has 1 aliphatic rings. The Morgan fingerprint density at radius 3 is 2.17 bits per heavy atom. The van der Waals surface area contributed by atoms with Gasteiger partial charge in [0, 0.05) is 5.46 Å². The van der Waals surface area contributed by atoms with Crippen molar-refractivity contribution in [1.29, 1.82) is 0 Å². The number of halogens is 1. The molecule has 0 N–H and O–H groups in total. The zero-order valence-electron chi connectivity index (χ0n) is 15.2. The molecule has 0 spiro atoms. The first-order chi connectivity index (χ1) is 11.1. The summed E-state index contributed by atoms with van der Waals surface area (Å²) in [5.74, 6) is -0.303. The van der Waals surface area contributed by atoms with Gasteiger partial charge in [-0.05, 0) is 69.9 Å². The predicted octanol–water partition coefficient (Wildman–Crippen LogP) is 4.41. The van der Waals surface area contributed by atoms with Crippen LogP contribution in [0.5, 0.6) is 0 Å². The van der Waals surface area contributed by atoms with Crippen LogP contribution in [0, 0.1) is 19.7 Å². The Labute approximate surface area is 144 Å². The van der Waals surface area contributed by atoms with Gasteiger partial charge in [0.2, 0.25) is 0 Å². The van der Waals surface area contributed by atoms with E-state index in [-0.39, 0.29) is 5.82 Å². The molecule has 2 aromatic carbocycles. The molecule has 24 heavy (non-hydrogen) atoms. The van der Waals surface area contributed by atoms with Crippen LogP contribution in [0.15, 0.2) is 36.4 Å². The summed E-state index contributed by atoms with van der Waals surface area (Å²) in [5.41, 5.74) is 3.97. The second-order valence-electron chi connectivity index (χ2n) is 7.57. The van der Waals surface area contributed by atoms with E-state index >= 15 is 0 Å². The Morgan fingerprint density at radius 2 is 1.54 bits per heavy atom. The topological polar surface area (TPSA) is 18.5 Å². The Hall–Kier alpha value is -1.65. The first-order valence-electron chi connectivity index (χ1n) is 8.34. The molecule has 126 valence electrons. The number of hydrogen-bond donors (Lipinski definition) is 0. The highest BCUT2D eigenvalue weighted by Crippen LogP contribution is 2.37. The molecule has 0 bridgehead atoms. The van der Waals surface area contributed by atoms with Gasteiger partial charge in [-0.2, -0.15) is 0 Å². The van der Waals surface area contributed by atoms with Crippen molar-refractivity contribution in [2.75, 3.05) is 0 Å². The van der Waals surface area contributed by atoms with Crippen molar-refractivity contribution in [2.45, 2.75) is 52.7 Å². The van der Waals surface area contributed by atoms with Gasteiger partial charge in [0.1, 0.15) is 5.82 Å². The fraction of sp³-hybridized carbons (Fsp3) is 0.400. The summed E-state index contributed by atoms with van der Waals surface area (Å²) in [6.07, 6.45) is 0. The zero-order chi connectivity index (χ0) is 17.7. The monoisotopic (exact) mass is 326 g/mol. The predicted molar refractivity (Wildman–Crippen MR) is 97.0 cm³/mol. The van der Waals surface area contributed by atoms with E-state index in [4.69, 9.17) is 9.31 Å². The lowest BCUT2D eigenvalue weighted by molar-refractivity contribution is 0.00578. The molecule has 0 atom stereocenters. The van der Waals surface area contributed by atoms with Crippen LogP contribution in [0.1, 0.15) is 38.8 Å². The Morgan fingerprint density at radius 1 is 0.917 bits per heavy atom. The minimum absolute atomic E-state index is 0.303. The van der Waals surface area contributed by atoms with Crippen LogP contribution in [-0.4, -0.2) is 18.3 Å². The van der Waals surface area contributed by atoms with E-state index in [2.05, 4.69) is 26.0 Å². The van der Waals surface area contributed by atoms with Crippen molar-refractivity contribution in [2.24, 2.45) is 0 Å². The minimum atomic E-state index is -0.694. The van der Waals surface area contributed by atoms with Crippen LogP contribution in [0.25, 0.3) is 11.1 Å². The summed E-state index contributed by atoms with van der Waals surface area (Å²) < 4.78 is 26.5. The first-order valence-corrected chi connectivity index (χ1v) is 8.34. The van der Waals surface area contributed by atoms with Crippen LogP contribution in [0.4, 0.5) is 4.39 Å². The molecule has 3 rings (SSSR count). The average Bonchev–Trinajstić information content (AvgIpc) is 2.71. The van der Waals surface area contributed by atoms with E-state index < -0.39 is 18.3 Å². The smallest absolute Gasteiger partial charge is 0.399 e. The van der Waals surface area contributed by atoms with Crippen LogP contribution >= 0.6 is 0 Å². The molecule has 2 aromatic rings. The molecule has 2 nitrogen and oxygen atoms in total. The Balaban J connectivity index is 2.04. The molecule has 0 unspecified atom stereocenters. The molecule has 0 amide bonds. The third-order valence-electron chi connectivity index (χ3n) is 5.42. The molecule has 0 aromatic heterocycles. The van der Waals surface area contributed by atoms with Gasteiger partial charge in [-0.25, -0.2) is 4.39 Å². The van der Waals surface area contributed by atoms with Crippen molar-refractivity contribution in [1.82, 2.24) is 0 Å². The Bertz CT molecular complexity index is 767. The van der Waals surface area contributed by atoms with Crippen LogP contribution in [0.2, 0.25) is 0 Å². The second-order valence-corrected chi connectivity index (χ2v) is 7.57. The van der Waals surface area contributed by atoms with Crippen molar-refractivity contribution in [3.63, 3.8) is 0 Å². The van der Waals surface area contributed by atoms with E-state index in [0.717, 1.165) is 11.1 Å². The molecule has 0 saturated carbocycles. The van der Waals surface area contributed by atoms with Crippen LogP contribution in [-0.2, 0) is 9.31 Å². The van der Waals surface area contributed by atoms with Crippen LogP contribution in [0.3, 0.4) is 0 Å². The highest BCUT2D eigenvalue weighted by molar-refractivity contribution is 6.62. The molecular formula is C20H24BFO2. The van der Waals surface area contributed by atoms with E-state index in [1.165, 1.54) is 17.2 Å². The lowest BCUT2D eigenvalue weighted by atomic mass is 9.77. The lowest BCUT2D eigenvalue weighted by Gasteiger charge is -2.32. The summed E-state index contributed by atoms with van der Waals surface area (Å²) in [7, 11) is -0.694. The van der Waals surface area contributed by atoms with Gasteiger partial charge in [0.15, 0.2) is 0 Å². The maximum absolute atomic E-state index is 14.5. The molecular weight excluding hydrogens is 302 g/mol. The van der Waals surface area contributed by atoms with Gasteiger partial charge >= 0.3 is 7.12 Å². The number of rotatable bonds is 2. The van der Waals surface area contributed by atoms with Gasteiger partial charge in [-0.15, -0.1) is 0 Å². The fourth-order valence-electron chi connectivity index (χ4n) is 2.93. The maximum Gasteiger partial charge on any atom is 0.497 e. The quantitative estimate of drug-likeness (QED) is 0.761. The standard InChI is InChI=1S/C20H24BFO2/c1-13-8-7-9-16(14(13)2)15-10-11-18(22)17(12-15)21-23-19(3,4)20(5,6)24-21/h7-12H,1-6H3. The molecule has 1 saturated heterocycles. The largest absolute Gasteiger partial charge is 0.497 e. The number of aryl methyl sites for hydroxylation is 1. The fourth-order valence-corrected chi connectivity index (χ4v) is 2.93. The molecule has 1 fully saturated rings. The van der Waals surface area contributed by atoms with E-state index in [0.29, 0.717) is 5.46 Å². The van der Waals surface area contributed by atoms with Crippen molar-refractivity contribution < 1.29 is 13.7 Å². The molecule has 1 aliphatic heterocycles. The van der Waals surface area contributed by atoms with E-state index in [1.54, 1.807) is 0 Å². The highest BCUT2D eigenvalue weighted by Gasteiger charge is 2.52.